The Labute approximate surface area is 134 Å². The zero-order valence-electron chi connectivity index (χ0n) is 12.2. The van der Waals surface area contributed by atoms with Gasteiger partial charge in [0.2, 0.25) is 0 Å². The number of nitrogens with one attached hydrogen (secondary N) is 2. The van der Waals surface area contributed by atoms with Crippen molar-refractivity contribution in [3.8, 4) is 0 Å². The molecule has 8 heteroatoms. The van der Waals surface area contributed by atoms with Gasteiger partial charge in [0.25, 0.3) is 11.5 Å². The monoisotopic (exact) mass is 326 g/mol. The van der Waals surface area contributed by atoms with Crippen molar-refractivity contribution >= 4 is 24.0 Å². The van der Waals surface area contributed by atoms with Crippen LogP contribution >= 0.6 is 12.4 Å². The summed E-state index contributed by atoms with van der Waals surface area (Å²) in [5.41, 5.74) is 0.182. The van der Waals surface area contributed by atoms with Gasteiger partial charge in [0.1, 0.15) is 11.2 Å². The Morgan fingerprint density at radius 2 is 2.14 bits per heavy atom. The quantitative estimate of drug-likeness (QED) is 0.704. The molecule has 2 aromatic rings. The molecule has 2 rings (SSSR count). The summed E-state index contributed by atoms with van der Waals surface area (Å²) in [6, 6.07) is 5.22. The molecule has 0 bridgehead atoms. The van der Waals surface area contributed by atoms with Gasteiger partial charge in [-0.1, -0.05) is 6.07 Å². The fourth-order valence-electron chi connectivity index (χ4n) is 1.84. The van der Waals surface area contributed by atoms with Gasteiger partial charge in [-0.15, -0.1) is 12.4 Å². The molecule has 0 spiro atoms. The van der Waals surface area contributed by atoms with Gasteiger partial charge in [-0.3, -0.25) is 14.0 Å². The van der Waals surface area contributed by atoms with Crippen molar-refractivity contribution in [3.63, 3.8) is 0 Å². The molecule has 1 amide bonds. The number of nitrogens with zero attached hydrogens (tertiary/aromatic N) is 2. The number of carbonyl (C=O) groups excluding carboxylic acids is 1. The van der Waals surface area contributed by atoms with Crippen LogP contribution in [0, 0.1) is 0 Å². The number of methoxy groups -OCH3 is 1. The third-order valence-corrected chi connectivity index (χ3v) is 2.93. The molecule has 0 fully saturated rings. The summed E-state index contributed by atoms with van der Waals surface area (Å²) < 4.78 is 6.25. The smallest absolute Gasteiger partial charge is 0.270 e. The molecule has 0 aliphatic carbocycles. The molecule has 2 aromatic heterocycles. The number of amides is 1. The largest absolute Gasteiger partial charge is 0.383 e. The molecule has 22 heavy (non-hydrogen) atoms. The number of ether oxygens (including phenoxy) is 1. The van der Waals surface area contributed by atoms with Gasteiger partial charge in [-0.2, -0.15) is 0 Å². The van der Waals surface area contributed by atoms with E-state index in [-0.39, 0.29) is 23.5 Å². The van der Waals surface area contributed by atoms with Crippen molar-refractivity contribution in [1.82, 2.24) is 20.0 Å². The van der Waals surface area contributed by atoms with Crippen molar-refractivity contribution in [2.75, 3.05) is 33.4 Å². The Morgan fingerprint density at radius 3 is 2.91 bits per heavy atom. The van der Waals surface area contributed by atoms with Crippen molar-refractivity contribution in [1.29, 1.82) is 0 Å². The lowest BCUT2D eigenvalue weighted by molar-refractivity contribution is 0.0951. The highest BCUT2D eigenvalue weighted by Gasteiger charge is 2.12. The highest BCUT2D eigenvalue weighted by atomic mass is 35.5. The molecule has 7 nitrogen and oxygen atoms in total. The topological polar surface area (TPSA) is 84.7 Å². The lowest BCUT2D eigenvalue weighted by atomic mass is 10.3. The fourth-order valence-corrected chi connectivity index (χ4v) is 1.84. The standard InChI is InChI=1S/C14H18N4O3.ClH/c1-21-9-7-15-5-6-16-13(19)11-10-17-12-4-2-3-8-18(12)14(11)20;/h2-4,8,10,15H,5-7,9H2,1H3,(H,16,19);1H. The molecule has 0 aliphatic rings. The summed E-state index contributed by atoms with van der Waals surface area (Å²) in [7, 11) is 1.63. The van der Waals surface area contributed by atoms with E-state index < -0.39 is 5.91 Å². The minimum Gasteiger partial charge on any atom is -0.383 e. The normalized spacial score (nSPS) is 10.2. The zero-order valence-corrected chi connectivity index (χ0v) is 13.1. The van der Waals surface area contributed by atoms with Crippen molar-refractivity contribution in [2.45, 2.75) is 0 Å². The van der Waals surface area contributed by atoms with E-state index in [0.717, 1.165) is 0 Å². The van der Waals surface area contributed by atoms with Crippen LogP contribution < -0.4 is 16.2 Å². The van der Waals surface area contributed by atoms with Crippen LogP contribution in [0.5, 0.6) is 0 Å². The number of hydrogen-bond acceptors (Lipinski definition) is 5. The van der Waals surface area contributed by atoms with E-state index in [4.69, 9.17) is 4.74 Å². The van der Waals surface area contributed by atoms with E-state index in [9.17, 15) is 9.59 Å². The predicted octanol–water partition coefficient (Wildman–Crippen LogP) is 0.0821. The molecule has 2 N–H and O–H groups in total. The number of aromatic nitrogens is 2. The molecule has 0 aliphatic heterocycles. The number of pyridine rings is 1. The molecular weight excluding hydrogens is 308 g/mol. The molecule has 0 atom stereocenters. The Kier molecular flexibility index (Phi) is 7.51. The summed E-state index contributed by atoms with van der Waals surface area (Å²) in [6.45, 7) is 2.37. The third-order valence-electron chi connectivity index (χ3n) is 2.93. The highest BCUT2D eigenvalue weighted by molar-refractivity contribution is 5.93. The van der Waals surface area contributed by atoms with Gasteiger partial charge >= 0.3 is 0 Å². The average Bonchev–Trinajstić information content (AvgIpc) is 2.51. The number of rotatable bonds is 7. The molecule has 0 aromatic carbocycles. The maximum Gasteiger partial charge on any atom is 0.270 e. The van der Waals surface area contributed by atoms with E-state index in [1.54, 1.807) is 31.5 Å². The van der Waals surface area contributed by atoms with Gasteiger partial charge in [0.15, 0.2) is 0 Å². The summed E-state index contributed by atoms with van der Waals surface area (Å²) in [5, 5.41) is 5.78. The second-order valence-corrected chi connectivity index (χ2v) is 4.40. The first-order valence-corrected chi connectivity index (χ1v) is 6.68. The van der Waals surface area contributed by atoms with Crippen LogP contribution in [0.15, 0.2) is 35.4 Å². The second kappa shape index (κ2) is 9.14. The molecule has 0 unspecified atom stereocenters. The van der Waals surface area contributed by atoms with Crippen LogP contribution in [0.4, 0.5) is 0 Å². The van der Waals surface area contributed by atoms with Gasteiger partial charge in [0, 0.05) is 39.1 Å². The van der Waals surface area contributed by atoms with E-state index in [1.165, 1.54) is 10.6 Å². The van der Waals surface area contributed by atoms with E-state index >= 15 is 0 Å². The van der Waals surface area contributed by atoms with Crippen molar-refractivity contribution in [2.24, 2.45) is 0 Å². The SMILES string of the molecule is COCCNCCNC(=O)c1cnc2ccccn2c1=O.Cl. The van der Waals surface area contributed by atoms with E-state index in [1.807, 2.05) is 0 Å². The number of carbonyl (C=O) groups is 1. The first-order chi connectivity index (χ1) is 10.2. The first-order valence-electron chi connectivity index (χ1n) is 6.68. The minimum atomic E-state index is -0.417. The Balaban J connectivity index is 0.00000242. The molecule has 0 radical (unpaired) electrons. The molecule has 0 saturated heterocycles. The summed E-state index contributed by atoms with van der Waals surface area (Å²) >= 11 is 0. The van der Waals surface area contributed by atoms with E-state index in [0.29, 0.717) is 31.9 Å². The average molecular weight is 327 g/mol. The second-order valence-electron chi connectivity index (χ2n) is 4.40. The summed E-state index contributed by atoms with van der Waals surface area (Å²) in [4.78, 5) is 28.3. The summed E-state index contributed by atoms with van der Waals surface area (Å²) in [6.07, 6.45) is 2.90. The molecule has 0 saturated carbocycles. The Hall–Kier alpha value is -1.96. The van der Waals surface area contributed by atoms with Crippen LogP contribution in [-0.2, 0) is 4.74 Å². The van der Waals surface area contributed by atoms with Gasteiger partial charge in [0.05, 0.1) is 6.61 Å². The summed E-state index contributed by atoms with van der Waals surface area (Å²) in [5.74, 6) is -0.417. The minimum absolute atomic E-state index is 0. The van der Waals surface area contributed by atoms with Crippen LogP contribution in [-0.4, -0.2) is 48.6 Å². The van der Waals surface area contributed by atoms with Gasteiger partial charge in [-0.05, 0) is 12.1 Å². The first kappa shape index (κ1) is 18.1. The van der Waals surface area contributed by atoms with Crippen LogP contribution in [0.2, 0.25) is 0 Å². The van der Waals surface area contributed by atoms with Crippen LogP contribution in [0.3, 0.4) is 0 Å². The molecular formula is C14H19ClN4O3. The number of halogens is 1. The van der Waals surface area contributed by atoms with Crippen LogP contribution in [0.25, 0.3) is 5.65 Å². The predicted molar refractivity (Wildman–Crippen MR) is 85.8 cm³/mol. The Morgan fingerprint density at radius 1 is 1.32 bits per heavy atom. The van der Waals surface area contributed by atoms with Gasteiger partial charge < -0.3 is 15.4 Å². The fraction of sp³-hybridized carbons (Fsp3) is 0.357. The lowest BCUT2D eigenvalue weighted by Gasteiger charge is -2.07. The van der Waals surface area contributed by atoms with Crippen molar-refractivity contribution in [3.05, 3.63) is 46.5 Å². The zero-order chi connectivity index (χ0) is 15.1. The lowest BCUT2D eigenvalue weighted by Crippen LogP contribution is -2.36. The number of fused-ring (bicyclic) bond motifs is 1. The third kappa shape index (κ3) is 4.52. The van der Waals surface area contributed by atoms with E-state index in [2.05, 4.69) is 15.6 Å². The van der Waals surface area contributed by atoms with Gasteiger partial charge in [-0.25, -0.2) is 4.98 Å². The molecule has 2 heterocycles. The number of hydrogen-bond donors (Lipinski definition) is 2. The molecule has 120 valence electrons. The Bertz CT molecular complexity index is 674. The maximum atomic E-state index is 12.2. The maximum absolute atomic E-state index is 12.2. The highest BCUT2D eigenvalue weighted by Crippen LogP contribution is 1.97. The van der Waals surface area contributed by atoms with Crippen LogP contribution in [0.1, 0.15) is 10.4 Å². The van der Waals surface area contributed by atoms with Crippen molar-refractivity contribution < 1.29 is 9.53 Å².